The van der Waals surface area contributed by atoms with E-state index in [-0.39, 0.29) is 23.9 Å². The molecule has 132 valence electrons. The minimum atomic E-state index is -1.02. The van der Waals surface area contributed by atoms with E-state index in [1.165, 1.54) is 25.3 Å². The van der Waals surface area contributed by atoms with Gasteiger partial charge < -0.3 is 15.2 Å². The highest BCUT2D eigenvalue weighted by molar-refractivity contribution is 5.97. The molecule has 0 bridgehead atoms. The maximum atomic E-state index is 13.6. The molecule has 1 saturated carbocycles. The first kappa shape index (κ1) is 18.2. The van der Waals surface area contributed by atoms with Crippen molar-refractivity contribution < 1.29 is 23.8 Å². The van der Waals surface area contributed by atoms with Crippen molar-refractivity contribution >= 4 is 17.6 Å². The van der Waals surface area contributed by atoms with Crippen molar-refractivity contribution in [2.75, 3.05) is 12.4 Å². The van der Waals surface area contributed by atoms with E-state index in [4.69, 9.17) is 4.74 Å². The van der Waals surface area contributed by atoms with E-state index in [1.54, 1.807) is 6.92 Å². The second-order valence-electron chi connectivity index (χ2n) is 6.66. The first-order valence-corrected chi connectivity index (χ1v) is 8.23. The average molecular weight is 337 g/mol. The molecule has 0 radical (unpaired) electrons. The lowest BCUT2D eigenvalue weighted by atomic mass is 9.67. The molecule has 0 aromatic heterocycles. The molecule has 1 aromatic carbocycles. The molecule has 0 spiro atoms. The summed E-state index contributed by atoms with van der Waals surface area (Å²) in [5.74, 6) is -1.61. The van der Waals surface area contributed by atoms with Gasteiger partial charge >= 0.3 is 5.97 Å². The standard InChI is InChI=1S/C18H24FNO4/c1-18(11-16(21)22,12-6-4-3-5-7-12)17(23)20-14-8-13(19)9-15(10-14)24-2/h8-10,12H,3-7,11H2,1-2H3,(H,20,23)(H,21,22)/t18-/m0/s1. The average Bonchev–Trinajstić information content (AvgIpc) is 2.54. The van der Waals surface area contributed by atoms with Gasteiger partial charge in [0.1, 0.15) is 11.6 Å². The highest BCUT2D eigenvalue weighted by Gasteiger charge is 2.43. The molecule has 2 rings (SSSR count). The normalized spacial score (nSPS) is 17.8. The highest BCUT2D eigenvalue weighted by Crippen LogP contribution is 2.42. The molecule has 1 amide bonds. The lowest BCUT2D eigenvalue weighted by Crippen LogP contribution is -2.42. The van der Waals surface area contributed by atoms with Crippen LogP contribution in [0.2, 0.25) is 0 Å². The summed E-state index contributed by atoms with van der Waals surface area (Å²) in [5.41, 5.74) is -0.754. The summed E-state index contributed by atoms with van der Waals surface area (Å²) in [4.78, 5) is 24.2. The predicted molar refractivity (Wildman–Crippen MR) is 88.5 cm³/mol. The van der Waals surface area contributed by atoms with E-state index in [1.807, 2.05) is 0 Å². The van der Waals surface area contributed by atoms with E-state index in [0.29, 0.717) is 5.75 Å². The van der Waals surface area contributed by atoms with E-state index in [2.05, 4.69) is 5.32 Å². The number of carbonyl (C=O) groups excluding carboxylic acids is 1. The molecule has 24 heavy (non-hydrogen) atoms. The van der Waals surface area contributed by atoms with Gasteiger partial charge in [-0.15, -0.1) is 0 Å². The van der Waals surface area contributed by atoms with Crippen LogP contribution >= 0.6 is 0 Å². The number of anilines is 1. The number of carboxylic acid groups (broad SMARTS) is 1. The number of hydrogen-bond donors (Lipinski definition) is 2. The summed E-state index contributed by atoms with van der Waals surface area (Å²) < 4.78 is 18.6. The fourth-order valence-electron chi connectivity index (χ4n) is 3.49. The summed E-state index contributed by atoms with van der Waals surface area (Å²) in [6, 6.07) is 3.93. The van der Waals surface area contributed by atoms with Crippen LogP contribution in [0, 0.1) is 17.2 Å². The number of ether oxygens (including phenoxy) is 1. The Kier molecular flexibility index (Phi) is 5.80. The van der Waals surface area contributed by atoms with Crippen molar-refractivity contribution in [1.82, 2.24) is 0 Å². The molecule has 0 saturated heterocycles. The number of aliphatic carboxylic acids is 1. The van der Waals surface area contributed by atoms with Crippen molar-refractivity contribution in [3.8, 4) is 5.75 Å². The zero-order chi connectivity index (χ0) is 17.7. The van der Waals surface area contributed by atoms with Gasteiger partial charge in [-0.2, -0.15) is 0 Å². The van der Waals surface area contributed by atoms with Crippen LogP contribution in [0.15, 0.2) is 18.2 Å². The molecular formula is C18H24FNO4. The summed E-state index contributed by atoms with van der Waals surface area (Å²) in [7, 11) is 1.41. The van der Waals surface area contributed by atoms with Gasteiger partial charge in [0, 0.05) is 17.8 Å². The molecule has 0 aliphatic heterocycles. The zero-order valence-electron chi connectivity index (χ0n) is 14.1. The monoisotopic (exact) mass is 337 g/mol. The number of rotatable bonds is 6. The highest BCUT2D eigenvalue weighted by atomic mass is 19.1. The number of hydrogen-bond acceptors (Lipinski definition) is 3. The van der Waals surface area contributed by atoms with Crippen molar-refractivity contribution in [1.29, 1.82) is 0 Å². The van der Waals surface area contributed by atoms with Crippen molar-refractivity contribution in [2.24, 2.45) is 11.3 Å². The summed E-state index contributed by atoms with van der Waals surface area (Å²) in [5, 5.41) is 11.9. The van der Waals surface area contributed by atoms with Gasteiger partial charge in [0.25, 0.3) is 0 Å². The van der Waals surface area contributed by atoms with E-state index in [0.717, 1.165) is 32.1 Å². The molecule has 1 fully saturated rings. The van der Waals surface area contributed by atoms with Crippen LogP contribution in [0.3, 0.4) is 0 Å². The quantitative estimate of drug-likeness (QED) is 0.827. The number of nitrogens with one attached hydrogen (secondary N) is 1. The first-order chi connectivity index (χ1) is 11.3. The third-order valence-electron chi connectivity index (χ3n) is 4.91. The van der Waals surface area contributed by atoms with Crippen molar-refractivity contribution in [2.45, 2.75) is 45.4 Å². The van der Waals surface area contributed by atoms with E-state index >= 15 is 0 Å². The van der Waals surface area contributed by atoms with Crippen LogP contribution in [0.4, 0.5) is 10.1 Å². The third-order valence-corrected chi connectivity index (χ3v) is 4.91. The molecule has 5 nitrogen and oxygen atoms in total. The fourth-order valence-corrected chi connectivity index (χ4v) is 3.49. The molecule has 6 heteroatoms. The smallest absolute Gasteiger partial charge is 0.304 e. The van der Waals surface area contributed by atoms with Gasteiger partial charge in [-0.1, -0.05) is 19.3 Å². The minimum Gasteiger partial charge on any atom is -0.497 e. The number of carbonyl (C=O) groups is 2. The predicted octanol–water partition coefficient (Wildman–Crippen LogP) is 3.83. The SMILES string of the molecule is COc1cc(F)cc(NC(=O)[C@@](C)(CC(=O)O)C2CCCCC2)c1. The Morgan fingerprint density at radius 2 is 1.96 bits per heavy atom. The van der Waals surface area contributed by atoms with Gasteiger partial charge in [0.05, 0.1) is 18.9 Å². The minimum absolute atomic E-state index is 0.0119. The van der Waals surface area contributed by atoms with E-state index in [9.17, 15) is 19.1 Å². The van der Waals surface area contributed by atoms with Crippen LogP contribution in [-0.4, -0.2) is 24.1 Å². The number of halogens is 1. The molecule has 1 aliphatic rings. The van der Waals surface area contributed by atoms with Gasteiger partial charge in [-0.05, 0) is 31.7 Å². The fraction of sp³-hybridized carbons (Fsp3) is 0.556. The van der Waals surface area contributed by atoms with Gasteiger partial charge in [-0.3, -0.25) is 9.59 Å². The molecule has 1 atom stereocenters. The molecule has 1 aliphatic carbocycles. The Morgan fingerprint density at radius 3 is 2.54 bits per heavy atom. The summed E-state index contributed by atoms with van der Waals surface area (Å²) in [6.45, 7) is 1.70. The number of benzene rings is 1. The molecule has 0 heterocycles. The number of methoxy groups -OCH3 is 1. The van der Waals surface area contributed by atoms with Crippen LogP contribution in [0.5, 0.6) is 5.75 Å². The summed E-state index contributed by atoms with van der Waals surface area (Å²) in [6.07, 6.45) is 4.55. The summed E-state index contributed by atoms with van der Waals surface area (Å²) >= 11 is 0. The van der Waals surface area contributed by atoms with Gasteiger partial charge in [0.15, 0.2) is 0 Å². The van der Waals surface area contributed by atoms with Crippen molar-refractivity contribution in [3.63, 3.8) is 0 Å². The van der Waals surface area contributed by atoms with Crippen LogP contribution in [-0.2, 0) is 9.59 Å². The van der Waals surface area contributed by atoms with Crippen LogP contribution in [0.25, 0.3) is 0 Å². The second kappa shape index (κ2) is 7.64. The first-order valence-electron chi connectivity index (χ1n) is 8.23. The lowest BCUT2D eigenvalue weighted by Gasteiger charge is -2.37. The Morgan fingerprint density at radius 1 is 1.29 bits per heavy atom. The van der Waals surface area contributed by atoms with Crippen LogP contribution in [0.1, 0.15) is 45.4 Å². The van der Waals surface area contributed by atoms with Crippen LogP contribution < -0.4 is 10.1 Å². The van der Waals surface area contributed by atoms with E-state index < -0.39 is 17.2 Å². The number of carboxylic acids is 1. The van der Waals surface area contributed by atoms with Crippen molar-refractivity contribution in [3.05, 3.63) is 24.0 Å². The molecule has 1 aromatic rings. The Labute approximate surface area is 141 Å². The second-order valence-corrected chi connectivity index (χ2v) is 6.66. The molecular weight excluding hydrogens is 313 g/mol. The maximum Gasteiger partial charge on any atom is 0.304 e. The molecule has 0 unspecified atom stereocenters. The van der Waals surface area contributed by atoms with Gasteiger partial charge in [0.2, 0.25) is 5.91 Å². The third kappa shape index (κ3) is 4.24. The Bertz CT molecular complexity index is 613. The molecule has 2 N–H and O–H groups in total. The lowest BCUT2D eigenvalue weighted by molar-refractivity contribution is -0.145. The Hall–Kier alpha value is -2.11. The maximum absolute atomic E-state index is 13.6. The zero-order valence-corrected chi connectivity index (χ0v) is 14.1. The topological polar surface area (TPSA) is 75.6 Å². The largest absolute Gasteiger partial charge is 0.497 e. The Balaban J connectivity index is 2.24. The number of amides is 1. The van der Waals surface area contributed by atoms with Gasteiger partial charge in [-0.25, -0.2) is 4.39 Å².